The van der Waals surface area contributed by atoms with E-state index in [1.807, 2.05) is 54.2 Å². The summed E-state index contributed by atoms with van der Waals surface area (Å²) in [6.45, 7) is 2.46. The number of aldehydes is 1. The van der Waals surface area contributed by atoms with Crippen LogP contribution >= 0.6 is 0 Å². The highest BCUT2D eigenvalue weighted by Crippen LogP contribution is 2.20. The average Bonchev–Trinajstić information content (AvgIpc) is 2.83. The number of rotatable bonds is 4. The smallest absolute Gasteiger partial charge is 0.153 e. The molecule has 0 amide bonds. The van der Waals surface area contributed by atoms with Crippen LogP contribution in [0.25, 0.3) is 5.69 Å². The highest BCUT2D eigenvalue weighted by molar-refractivity contribution is 5.80. The minimum atomic E-state index is 0.559. The van der Waals surface area contributed by atoms with Crippen LogP contribution < -0.4 is 4.74 Å². The molecule has 0 atom stereocenters. The number of benzene rings is 1. The third-order valence-corrected chi connectivity index (χ3v) is 2.32. The van der Waals surface area contributed by atoms with Crippen molar-refractivity contribution >= 4 is 6.29 Å². The molecular formula is C13H13NO2. The molecule has 1 heterocycles. The van der Waals surface area contributed by atoms with Crippen molar-refractivity contribution in [3.05, 3.63) is 48.3 Å². The summed E-state index contributed by atoms with van der Waals surface area (Å²) in [5.41, 5.74) is 1.53. The Hall–Kier alpha value is -2.03. The van der Waals surface area contributed by atoms with Crippen LogP contribution in [0.15, 0.2) is 42.7 Å². The zero-order valence-electron chi connectivity index (χ0n) is 9.09. The van der Waals surface area contributed by atoms with Gasteiger partial charge in [-0.05, 0) is 37.3 Å². The number of hydrogen-bond donors (Lipinski definition) is 0. The Morgan fingerprint density at radius 3 is 2.69 bits per heavy atom. The second-order valence-electron chi connectivity index (χ2n) is 3.36. The Bertz CT molecular complexity index is 475. The van der Waals surface area contributed by atoms with Crippen LogP contribution in [0.1, 0.15) is 17.3 Å². The van der Waals surface area contributed by atoms with Gasteiger partial charge in [0.1, 0.15) is 5.75 Å². The quantitative estimate of drug-likeness (QED) is 0.734. The van der Waals surface area contributed by atoms with E-state index in [4.69, 9.17) is 4.74 Å². The standard InChI is InChI=1S/C13H13NO2/c1-2-16-13-6-5-12(9-11(13)10-15)14-7-3-4-8-14/h3-10H,2H2,1H3. The average molecular weight is 215 g/mol. The molecule has 0 radical (unpaired) electrons. The summed E-state index contributed by atoms with van der Waals surface area (Å²) < 4.78 is 7.31. The van der Waals surface area contributed by atoms with E-state index in [1.54, 1.807) is 0 Å². The molecule has 0 aliphatic carbocycles. The second kappa shape index (κ2) is 4.66. The zero-order valence-corrected chi connectivity index (χ0v) is 9.09. The summed E-state index contributed by atoms with van der Waals surface area (Å²) in [7, 11) is 0. The highest BCUT2D eigenvalue weighted by Gasteiger charge is 2.04. The predicted octanol–water partition coefficient (Wildman–Crippen LogP) is 2.69. The SMILES string of the molecule is CCOc1ccc(-n2cccc2)cc1C=O. The second-order valence-corrected chi connectivity index (χ2v) is 3.36. The predicted molar refractivity (Wildman–Crippen MR) is 62.3 cm³/mol. The number of hydrogen-bond acceptors (Lipinski definition) is 2. The largest absolute Gasteiger partial charge is 0.493 e. The van der Waals surface area contributed by atoms with Crippen LogP contribution in [-0.2, 0) is 0 Å². The molecule has 0 saturated heterocycles. The van der Waals surface area contributed by atoms with E-state index in [2.05, 4.69) is 0 Å². The lowest BCUT2D eigenvalue weighted by Crippen LogP contribution is -1.98. The summed E-state index contributed by atoms with van der Waals surface area (Å²) in [4.78, 5) is 10.9. The first-order valence-corrected chi connectivity index (χ1v) is 5.20. The maximum Gasteiger partial charge on any atom is 0.153 e. The third-order valence-electron chi connectivity index (χ3n) is 2.32. The minimum Gasteiger partial charge on any atom is -0.493 e. The van der Waals surface area contributed by atoms with Crippen LogP contribution in [0, 0.1) is 0 Å². The Balaban J connectivity index is 2.40. The lowest BCUT2D eigenvalue weighted by molar-refractivity contribution is 0.112. The van der Waals surface area contributed by atoms with Crippen LogP contribution in [0.4, 0.5) is 0 Å². The molecule has 3 nitrogen and oxygen atoms in total. The molecule has 0 unspecified atom stereocenters. The Labute approximate surface area is 94.3 Å². The van der Waals surface area contributed by atoms with Crippen molar-refractivity contribution in [1.82, 2.24) is 4.57 Å². The Morgan fingerprint density at radius 1 is 1.31 bits per heavy atom. The van der Waals surface area contributed by atoms with Gasteiger partial charge in [-0.1, -0.05) is 0 Å². The zero-order chi connectivity index (χ0) is 11.4. The monoisotopic (exact) mass is 215 g/mol. The van der Waals surface area contributed by atoms with Crippen LogP contribution in [0.5, 0.6) is 5.75 Å². The summed E-state index contributed by atoms with van der Waals surface area (Å²) >= 11 is 0. The topological polar surface area (TPSA) is 31.2 Å². The van der Waals surface area contributed by atoms with Gasteiger partial charge in [0.25, 0.3) is 0 Å². The number of aromatic nitrogens is 1. The molecule has 0 aliphatic heterocycles. The van der Waals surface area contributed by atoms with E-state index in [0.717, 1.165) is 12.0 Å². The van der Waals surface area contributed by atoms with Crippen molar-refractivity contribution in [2.45, 2.75) is 6.92 Å². The minimum absolute atomic E-state index is 0.559. The van der Waals surface area contributed by atoms with Crippen LogP contribution in [0.2, 0.25) is 0 Å². The lowest BCUT2D eigenvalue weighted by Gasteiger charge is -2.08. The molecule has 1 aromatic carbocycles. The fraction of sp³-hybridized carbons (Fsp3) is 0.154. The molecule has 0 spiro atoms. The molecule has 0 bridgehead atoms. The lowest BCUT2D eigenvalue weighted by atomic mass is 10.2. The fourth-order valence-corrected chi connectivity index (χ4v) is 1.58. The van der Waals surface area contributed by atoms with E-state index in [1.165, 1.54) is 0 Å². The van der Waals surface area contributed by atoms with E-state index in [0.29, 0.717) is 17.9 Å². The van der Waals surface area contributed by atoms with E-state index >= 15 is 0 Å². The first-order chi connectivity index (χ1) is 7.85. The molecule has 0 aliphatic rings. The molecule has 0 saturated carbocycles. The normalized spacial score (nSPS) is 10.1. The summed E-state index contributed by atoms with van der Waals surface area (Å²) in [6, 6.07) is 9.45. The van der Waals surface area contributed by atoms with Gasteiger partial charge in [0.2, 0.25) is 0 Å². The third kappa shape index (κ3) is 1.98. The highest BCUT2D eigenvalue weighted by atomic mass is 16.5. The van der Waals surface area contributed by atoms with E-state index in [9.17, 15) is 4.79 Å². The molecule has 2 aromatic rings. The fourth-order valence-electron chi connectivity index (χ4n) is 1.58. The number of ether oxygens (including phenoxy) is 1. The molecular weight excluding hydrogens is 202 g/mol. The van der Waals surface area contributed by atoms with Crippen molar-refractivity contribution in [2.75, 3.05) is 6.61 Å². The van der Waals surface area contributed by atoms with Gasteiger partial charge in [0.15, 0.2) is 6.29 Å². The van der Waals surface area contributed by atoms with Gasteiger partial charge in [-0.15, -0.1) is 0 Å². The molecule has 16 heavy (non-hydrogen) atoms. The van der Waals surface area contributed by atoms with Crippen molar-refractivity contribution in [3.63, 3.8) is 0 Å². The van der Waals surface area contributed by atoms with Crippen molar-refractivity contribution < 1.29 is 9.53 Å². The Kier molecular flexibility index (Phi) is 3.05. The maximum absolute atomic E-state index is 10.9. The molecule has 3 heteroatoms. The first kappa shape index (κ1) is 10.5. The van der Waals surface area contributed by atoms with Crippen LogP contribution in [-0.4, -0.2) is 17.5 Å². The number of nitrogens with zero attached hydrogens (tertiary/aromatic N) is 1. The van der Waals surface area contributed by atoms with Gasteiger partial charge in [-0.2, -0.15) is 0 Å². The van der Waals surface area contributed by atoms with Crippen molar-refractivity contribution in [3.8, 4) is 11.4 Å². The van der Waals surface area contributed by atoms with E-state index in [-0.39, 0.29) is 0 Å². The molecule has 2 rings (SSSR count). The van der Waals surface area contributed by atoms with Crippen molar-refractivity contribution in [2.24, 2.45) is 0 Å². The number of carbonyl (C=O) groups is 1. The summed E-state index contributed by atoms with van der Waals surface area (Å²) in [5.74, 6) is 0.633. The van der Waals surface area contributed by atoms with E-state index < -0.39 is 0 Å². The van der Waals surface area contributed by atoms with Crippen molar-refractivity contribution in [1.29, 1.82) is 0 Å². The van der Waals surface area contributed by atoms with Gasteiger partial charge >= 0.3 is 0 Å². The van der Waals surface area contributed by atoms with Gasteiger partial charge in [0, 0.05) is 18.1 Å². The van der Waals surface area contributed by atoms with Crippen LogP contribution in [0.3, 0.4) is 0 Å². The summed E-state index contributed by atoms with van der Waals surface area (Å²) in [5, 5.41) is 0. The maximum atomic E-state index is 10.9. The first-order valence-electron chi connectivity index (χ1n) is 5.20. The summed E-state index contributed by atoms with van der Waals surface area (Å²) in [6.07, 6.45) is 4.69. The van der Waals surface area contributed by atoms with Gasteiger partial charge in [0.05, 0.1) is 12.2 Å². The van der Waals surface area contributed by atoms with Gasteiger partial charge in [-0.3, -0.25) is 4.79 Å². The molecule has 1 aromatic heterocycles. The molecule has 82 valence electrons. The Morgan fingerprint density at radius 2 is 2.06 bits per heavy atom. The molecule has 0 N–H and O–H groups in total. The number of carbonyl (C=O) groups excluding carboxylic acids is 1. The van der Waals surface area contributed by atoms with Gasteiger partial charge in [-0.25, -0.2) is 0 Å². The van der Waals surface area contributed by atoms with Gasteiger partial charge < -0.3 is 9.30 Å². The molecule has 0 fully saturated rings.